The smallest absolute Gasteiger partial charge is 0.396 e. The van der Waals surface area contributed by atoms with Gasteiger partial charge in [0.05, 0.1) is 33.3 Å². The minimum atomic E-state index is -4.56. The maximum absolute atomic E-state index is 12.6. The summed E-state index contributed by atoms with van der Waals surface area (Å²) in [5, 5.41) is 3.22. The Kier molecular flexibility index (Phi) is 3.96. The first-order valence-electron chi connectivity index (χ1n) is 5.33. The van der Waals surface area contributed by atoms with E-state index in [0.717, 1.165) is 12.3 Å². The Balaban J connectivity index is 2.43. The van der Waals surface area contributed by atoms with Crippen LogP contribution in [0.4, 0.5) is 30.2 Å². The third-order valence-corrected chi connectivity index (χ3v) is 3.08. The number of hydrogen-bond acceptors (Lipinski definition) is 3. The molecule has 0 unspecified atom stereocenters. The van der Waals surface area contributed by atoms with Crippen LogP contribution in [0.5, 0.6) is 0 Å². The van der Waals surface area contributed by atoms with E-state index >= 15 is 0 Å². The van der Waals surface area contributed by atoms with Crippen LogP contribution in [0.25, 0.3) is 0 Å². The number of para-hydroxylation sites is 1. The van der Waals surface area contributed by atoms with E-state index in [9.17, 15) is 13.2 Å². The van der Waals surface area contributed by atoms with Crippen LogP contribution >= 0.6 is 23.2 Å². The minimum Gasteiger partial charge on any atom is -0.396 e. The molecule has 0 fully saturated rings. The highest BCUT2D eigenvalue weighted by atomic mass is 35.5. The Morgan fingerprint density at radius 1 is 1.15 bits per heavy atom. The Morgan fingerprint density at radius 3 is 2.30 bits per heavy atom. The number of benzene rings is 1. The first-order valence-corrected chi connectivity index (χ1v) is 6.08. The lowest BCUT2D eigenvalue weighted by Gasteiger charge is -2.14. The van der Waals surface area contributed by atoms with Crippen molar-refractivity contribution in [2.45, 2.75) is 6.18 Å². The summed E-state index contributed by atoms with van der Waals surface area (Å²) in [5.74, 6) is 0. The number of hydrogen-bond donors (Lipinski definition) is 2. The van der Waals surface area contributed by atoms with E-state index in [2.05, 4.69) is 10.3 Å². The third kappa shape index (κ3) is 3.08. The Bertz CT molecular complexity index is 624. The van der Waals surface area contributed by atoms with E-state index in [1.165, 1.54) is 0 Å². The van der Waals surface area contributed by atoms with Crippen molar-refractivity contribution in [1.29, 1.82) is 0 Å². The van der Waals surface area contributed by atoms with Gasteiger partial charge in [-0.2, -0.15) is 13.2 Å². The zero-order valence-electron chi connectivity index (χ0n) is 9.80. The lowest BCUT2D eigenvalue weighted by molar-refractivity contribution is -0.141. The second-order valence-corrected chi connectivity index (χ2v) is 4.69. The summed E-state index contributed by atoms with van der Waals surface area (Å²) in [6, 6.07) is 5.53. The molecule has 1 aromatic carbocycles. The number of aromatic nitrogens is 1. The van der Waals surface area contributed by atoms with E-state index in [1.54, 1.807) is 18.2 Å². The van der Waals surface area contributed by atoms with Crippen LogP contribution in [0.3, 0.4) is 0 Å². The van der Waals surface area contributed by atoms with Crippen molar-refractivity contribution in [2.75, 3.05) is 11.1 Å². The van der Waals surface area contributed by atoms with Gasteiger partial charge in [-0.25, -0.2) is 4.98 Å². The van der Waals surface area contributed by atoms with Gasteiger partial charge >= 0.3 is 6.18 Å². The van der Waals surface area contributed by atoms with Crippen molar-refractivity contribution < 1.29 is 13.2 Å². The number of nitrogens with one attached hydrogen (secondary N) is 1. The number of halogens is 5. The van der Waals surface area contributed by atoms with Gasteiger partial charge in [-0.05, 0) is 18.2 Å². The highest BCUT2D eigenvalue weighted by Gasteiger charge is 2.33. The number of anilines is 3. The van der Waals surface area contributed by atoms with Crippen LogP contribution < -0.4 is 11.1 Å². The van der Waals surface area contributed by atoms with Crippen molar-refractivity contribution in [2.24, 2.45) is 0 Å². The SMILES string of the molecule is Nc1cnc(C(F)(F)F)cc1Nc1c(Cl)cccc1Cl. The molecule has 106 valence electrons. The van der Waals surface area contributed by atoms with Crippen LogP contribution in [0.1, 0.15) is 5.69 Å². The van der Waals surface area contributed by atoms with Crippen molar-refractivity contribution >= 4 is 40.3 Å². The van der Waals surface area contributed by atoms with E-state index in [4.69, 9.17) is 28.9 Å². The van der Waals surface area contributed by atoms with Crippen LogP contribution in [0.2, 0.25) is 10.0 Å². The maximum atomic E-state index is 12.6. The normalized spacial score (nSPS) is 11.4. The summed E-state index contributed by atoms with van der Waals surface area (Å²) in [5.41, 5.74) is 4.90. The van der Waals surface area contributed by atoms with Gasteiger partial charge in [0.2, 0.25) is 0 Å². The van der Waals surface area contributed by atoms with Gasteiger partial charge in [0.15, 0.2) is 0 Å². The number of nitrogen functional groups attached to an aromatic ring is 1. The third-order valence-electron chi connectivity index (χ3n) is 2.45. The fraction of sp³-hybridized carbons (Fsp3) is 0.0833. The average molecular weight is 322 g/mol. The molecule has 1 aromatic heterocycles. The van der Waals surface area contributed by atoms with Crippen molar-refractivity contribution in [3.63, 3.8) is 0 Å². The Morgan fingerprint density at radius 2 is 1.75 bits per heavy atom. The van der Waals surface area contributed by atoms with E-state index in [-0.39, 0.29) is 27.1 Å². The number of nitrogens with two attached hydrogens (primary N) is 1. The van der Waals surface area contributed by atoms with Crippen LogP contribution in [-0.2, 0) is 6.18 Å². The first-order chi connectivity index (χ1) is 9.29. The molecule has 2 aromatic rings. The van der Waals surface area contributed by atoms with E-state index in [1.807, 2.05) is 0 Å². The largest absolute Gasteiger partial charge is 0.433 e. The summed E-state index contributed by atoms with van der Waals surface area (Å²) in [6.07, 6.45) is -3.63. The minimum absolute atomic E-state index is 0.0299. The summed E-state index contributed by atoms with van der Waals surface area (Å²) in [4.78, 5) is 3.24. The highest BCUT2D eigenvalue weighted by molar-refractivity contribution is 6.39. The summed E-state index contributed by atoms with van der Waals surface area (Å²) < 4.78 is 37.8. The topological polar surface area (TPSA) is 50.9 Å². The molecule has 0 saturated carbocycles. The molecular weight excluding hydrogens is 314 g/mol. The number of alkyl halides is 3. The van der Waals surface area contributed by atoms with Crippen molar-refractivity contribution in [3.8, 4) is 0 Å². The van der Waals surface area contributed by atoms with Crippen molar-refractivity contribution in [3.05, 3.63) is 46.2 Å². The first kappa shape index (κ1) is 14.7. The monoisotopic (exact) mass is 321 g/mol. The Hall–Kier alpha value is -1.66. The zero-order valence-corrected chi connectivity index (χ0v) is 11.3. The second kappa shape index (κ2) is 5.38. The summed E-state index contributed by atoms with van der Waals surface area (Å²) in [6.45, 7) is 0. The molecule has 0 amide bonds. The van der Waals surface area contributed by atoms with Gasteiger partial charge in [0, 0.05) is 0 Å². The molecule has 0 atom stereocenters. The van der Waals surface area contributed by atoms with Gasteiger partial charge < -0.3 is 11.1 Å². The molecule has 2 rings (SSSR count). The molecule has 0 saturated heterocycles. The quantitative estimate of drug-likeness (QED) is 0.840. The van der Waals surface area contributed by atoms with Gasteiger partial charge in [-0.3, -0.25) is 0 Å². The van der Waals surface area contributed by atoms with E-state index in [0.29, 0.717) is 0 Å². The standard InChI is InChI=1S/C12H8Cl2F3N3/c13-6-2-1-3-7(14)11(6)20-9-4-10(12(15,16)17)19-5-8(9)18/h1-5H,18H2,(H,19,20). The fourth-order valence-corrected chi connectivity index (χ4v) is 1.97. The summed E-state index contributed by atoms with van der Waals surface area (Å²) >= 11 is 11.9. The number of rotatable bonds is 2. The average Bonchev–Trinajstić information content (AvgIpc) is 2.34. The van der Waals surface area contributed by atoms with Gasteiger partial charge in [0.1, 0.15) is 5.69 Å². The van der Waals surface area contributed by atoms with Crippen molar-refractivity contribution in [1.82, 2.24) is 4.98 Å². The van der Waals surface area contributed by atoms with Gasteiger partial charge in [-0.15, -0.1) is 0 Å². The van der Waals surface area contributed by atoms with Gasteiger partial charge in [-0.1, -0.05) is 29.3 Å². The molecule has 0 aliphatic heterocycles. The Labute approximate surface area is 122 Å². The molecule has 3 N–H and O–H groups in total. The predicted octanol–water partition coefficient (Wildman–Crippen LogP) is 4.73. The fourth-order valence-electron chi connectivity index (χ4n) is 1.48. The lowest BCUT2D eigenvalue weighted by Crippen LogP contribution is -2.09. The molecule has 8 heteroatoms. The predicted molar refractivity (Wildman–Crippen MR) is 73.4 cm³/mol. The highest BCUT2D eigenvalue weighted by Crippen LogP contribution is 2.36. The molecule has 20 heavy (non-hydrogen) atoms. The lowest BCUT2D eigenvalue weighted by atomic mass is 10.2. The molecule has 0 radical (unpaired) electrons. The van der Waals surface area contributed by atoms with Crippen LogP contribution in [0, 0.1) is 0 Å². The van der Waals surface area contributed by atoms with Crippen LogP contribution in [-0.4, -0.2) is 4.98 Å². The molecule has 0 bridgehead atoms. The second-order valence-electron chi connectivity index (χ2n) is 3.88. The maximum Gasteiger partial charge on any atom is 0.433 e. The summed E-state index contributed by atoms with van der Waals surface area (Å²) in [7, 11) is 0. The molecule has 3 nitrogen and oxygen atoms in total. The molecule has 1 heterocycles. The van der Waals surface area contributed by atoms with Gasteiger partial charge in [0.25, 0.3) is 0 Å². The zero-order chi connectivity index (χ0) is 14.9. The van der Waals surface area contributed by atoms with E-state index < -0.39 is 11.9 Å². The molecule has 0 spiro atoms. The molecular formula is C12H8Cl2F3N3. The molecule has 0 aliphatic rings. The number of pyridine rings is 1. The number of nitrogens with zero attached hydrogens (tertiary/aromatic N) is 1. The van der Waals surface area contributed by atoms with Crippen LogP contribution in [0.15, 0.2) is 30.5 Å². The molecule has 0 aliphatic carbocycles.